The van der Waals surface area contributed by atoms with E-state index in [1.165, 1.54) is 67.8 Å². The summed E-state index contributed by atoms with van der Waals surface area (Å²) in [6.45, 7) is -0.197. The van der Waals surface area contributed by atoms with E-state index in [1.54, 1.807) is 6.07 Å². The molecule has 0 unspecified atom stereocenters. The van der Waals surface area contributed by atoms with Gasteiger partial charge in [-0.1, -0.05) is 29.8 Å². The van der Waals surface area contributed by atoms with E-state index < -0.39 is 27.1 Å². The van der Waals surface area contributed by atoms with Crippen LogP contribution in [0.1, 0.15) is 11.1 Å². The molecule has 0 aliphatic carbocycles. The highest BCUT2D eigenvalue weighted by Crippen LogP contribution is 2.40. The average molecular weight is 613 g/mol. The molecule has 186 valence electrons. The zero-order valence-corrected chi connectivity index (χ0v) is 22.4. The molecule has 1 aliphatic rings. The lowest BCUT2D eigenvalue weighted by atomic mass is 10.1. The molecule has 0 radical (unpaired) electrons. The second-order valence-corrected chi connectivity index (χ2v) is 11.2. The fourth-order valence-corrected chi connectivity index (χ4v) is 5.82. The van der Waals surface area contributed by atoms with E-state index >= 15 is 0 Å². The lowest BCUT2D eigenvalue weighted by Crippen LogP contribution is -2.27. The second-order valence-electron chi connectivity index (χ2n) is 7.38. The monoisotopic (exact) mass is 611 g/mol. The van der Waals surface area contributed by atoms with Gasteiger partial charge >= 0.3 is 10.1 Å². The number of carbonyl (C=O) groups is 2. The van der Waals surface area contributed by atoms with Gasteiger partial charge in [0, 0.05) is 10.6 Å². The molecule has 1 saturated heterocycles. The molecule has 0 aromatic heterocycles. The van der Waals surface area contributed by atoms with Crippen LogP contribution in [0.25, 0.3) is 6.08 Å². The van der Waals surface area contributed by atoms with Gasteiger partial charge in [0.05, 0.1) is 23.0 Å². The summed E-state index contributed by atoms with van der Waals surface area (Å²) in [6, 6.07) is 14.3. The van der Waals surface area contributed by atoms with Gasteiger partial charge in [-0.25, -0.2) is 4.39 Å². The van der Waals surface area contributed by atoms with Crippen LogP contribution in [0.4, 0.5) is 9.18 Å². The van der Waals surface area contributed by atoms with Gasteiger partial charge in [-0.15, -0.1) is 0 Å². The SMILES string of the molecule is COc1cc(/C=C2\SC(=O)N(Cc3ccccc3F)C2=O)cc(Br)c1OS(=O)(=O)c1ccc(Cl)cc1. The van der Waals surface area contributed by atoms with Crippen molar-refractivity contribution < 1.29 is 31.3 Å². The molecule has 2 amide bonds. The number of carbonyl (C=O) groups excluding carboxylic acids is 2. The van der Waals surface area contributed by atoms with Crippen LogP contribution >= 0.6 is 39.3 Å². The van der Waals surface area contributed by atoms with Gasteiger partial charge in [0.2, 0.25) is 0 Å². The maximum absolute atomic E-state index is 14.0. The first-order valence-corrected chi connectivity index (χ1v) is 13.5. The van der Waals surface area contributed by atoms with Gasteiger partial charge in [0.1, 0.15) is 10.7 Å². The minimum Gasteiger partial charge on any atom is -0.493 e. The molecule has 1 heterocycles. The van der Waals surface area contributed by atoms with Crippen molar-refractivity contribution in [2.75, 3.05) is 7.11 Å². The van der Waals surface area contributed by atoms with Crippen molar-refractivity contribution in [3.63, 3.8) is 0 Å². The van der Waals surface area contributed by atoms with Crippen LogP contribution in [0.15, 0.2) is 74.9 Å². The highest BCUT2D eigenvalue weighted by atomic mass is 79.9. The molecule has 3 aromatic carbocycles. The molecular formula is C24H16BrClFNO6S2. The van der Waals surface area contributed by atoms with Gasteiger partial charge < -0.3 is 8.92 Å². The van der Waals surface area contributed by atoms with Crippen molar-refractivity contribution in [3.05, 3.63) is 92.0 Å². The quantitative estimate of drug-likeness (QED) is 0.230. The number of imide groups is 1. The summed E-state index contributed by atoms with van der Waals surface area (Å²) in [7, 11) is -2.87. The average Bonchev–Trinajstić information content (AvgIpc) is 3.09. The van der Waals surface area contributed by atoms with E-state index in [2.05, 4.69) is 15.9 Å². The molecule has 1 aliphatic heterocycles. The third-order valence-electron chi connectivity index (χ3n) is 5.00. The predicted molar refractivity (Wildman–Crippen MR) is 138 cm³/mol. The van der Waals surface area contributed by atoms with E-state index in [0.717, 1.165) is 4.90 Å². The van der Waals surface area contributed by atoms with Gasteiger partial charge in [-0.05, 0) is 81.8 Å². The smallest absolute Gasteiger partial charge is 0.339 e. The van der Waals surface area contributed by atoms with Crippen molar-refractivity contribution in [1.82, 2.24) is 4.90 Å². The van der Waals surface area contributed by atoms with Gasteiger partial charge in [0.15, 0.2) is 11.5 Å². The number of ether oxygens (including phenoxy) is 1. The summed E-state index contributed by atoms with van der Waals surface area (Å²) >= 11 is 9.82. The fourth-order valence-electron chi connectivity index (χ4n) is 3.25. The second kappa shape index (κ2) is 10.6. The number of thioether (sulfide) groups is 1. The summed E-state index contributed by atoms with van der Waals surface area (Å²) in [6.07, 6.45) is 1.46. The van der Waals surface area contributed by atoms with Crippen molar-refractivity contribution in [2.45, 2.75) is 11.4 Å². The summed E-state index contributed by atoms with van der Waals surface area (Å²) in [5.74, 6) is -1.12. The Morgan fingerprint density at radius 2 is 1.81 bits per heavy atom. The zero-order chi connectivity index (χ0) is 26.0. The maximum Gasteiger partial charge on any atom is 0.339 e. The van der Waals surface area contributed by atoms with Crippen molar-refractivity contribution >= 4 is 66.6 Å². The topological polar surface area (TPSA) is 90.0 Å². The predicted octanol–water partition coefficient (Wildman–Crippen LogP) is 6.25. The number of nitrogens with zero attached hydrogens (tertiary/aromatic N) is 1. The summed E-state index contributed by atoms with van der Waals surface area (Å²) in [5, 5.41) is -0.162. The highest BCUT2D eigenvalue weighted by Gasteiger charge is 2.35. The first-order chi connectivity index (χ1) is 17.1. The molecule has 0 saturated carbocycles. The molecule has 0 atom stereocenters. The van der Waals surface area contributed by atoms with E-state index in [1.807, 2.05) is 0 Å². The molecule has 7 nitrogen and oxygen atoms in total. The number of amides is 2. The Hall–Kier alpha value is -2.86. The summed E-state index contributed by atoms with van der Waals surface area (Å²) < 4.78 is 50.3. The Morgan fingerprint density at radius 3 is 2.47 bits per heavy atom. The first kappa shape index (κ1) is 26.2. The first-order valence-electron chi connectivity index (χ1n) is 10.2. The normalized spacial score (nSPS) is 15.0. The van der Waals surface area contributed by atoms with Gasteiger partial charge in [-0.3, -0.25) is 14.5 Å². The van der Waals surface area contributed by atoms with E-state index in [4.69, 9.17) is 20.5 Å². The Morgan fingerprint density at radius 1 is 1.11 bits per heavy atom. The van der Waals surface area contributed by atoms with Crippen molar-refractivity contribution in [3.8, 4) is 11.5 Å². The molecule has 0 spiro atoms. The molecule has 36 heavy (non-hydrogen) atoms. The fraction of sp³-hybridized carbons (Fsp3) is 0.0833. The van der Waals surface area contributed by atoms with Crippen LogP contribution in [0.3, 0.4) is 0 Å². The van der Waals surface area contributed by atoms with Crippen LogP contribution in [-0.2, 0) is 21.5 Å². The Bertz CT molecular complexity index is 1490. The molecule has 0 N–H and O–H groups in total. The van der Waals surface area contributed by atoms with Crippen LogP contribution in [0.5, 0.6) is 11.5 Å². The number of methoxy groups -OCH3 is 1. The summed E-state index contributed by atoms with van der Waals surface area (Å²) in [5.41, 5.74) is 0.653. The zero-order valence-electron chi connectivity index (χ0n) is 18.4. The molecule has 12 heteroatoms. The molecule has 4 rings (SSSR count). The minimum atomic E-state index is -4.20. The maximum atomic E-state index is 14.0. The molecule has 3 aromatic rings. The number of rotatable bonds is 7. The van der Waals surface area contributed by atoms with Gasteiger partial charge in [0.25, 0.3) is 11.1 Å². The Balaban J connectivity index is 1.60. The molecule has 1 fully saturated rings. The third kappa shape index (κ3) is 5.59. The minimum absolute atomic E-state index is 0.0683. The number of hydrogen-bond donors (Lipinski definition) is 0. The summed E-state index contributed by atoms with van der Waals surface area (Å²) in [4.78, 5) is 26.3. The van der Waals surface area contributed by atoms with Crippen LogP contribution in [0, 0.1) is 5.82 Å². The van der Waals surface area contributed by atoms with Crippen molar-refractivity contribution in [2.24, 2.45) is 0 Å². The standard InChI is InChI=1S/C24H16BrClFNO6S2/c1-33-20-11-14(10-18(25)22(20)34-36(31,32)17-8-6-16(26)7-9-17)12-21-23(29)28(24(30)35-21)13-15-4-2-3-5-19(15)27/h2-12H,13H2,1H3/b21-12-. The van der Waals surface area contributed by atoms with Crippen LogP contribution < -0.4 is 8.92 Å². The van der Waals surface area contributed by atoms with E-state index in [-0.39, 0.29) is 37.9 Å². The Kier molecular flexibility index (Phi) is 7.74. The third-order valence-corrected chi connectivity index (χ3v) is 7.99. The molecule has 0 bridgehead atoms. The Labute approximate surface area is 224 Å². The van der Waals surface area contributed by atoms with Crippen LogP contribution in [-0.4, -0.2) is 31.6 Å². The molecular weight excluding hydrogens is 597 g/mol. The number of benzene rings is 3. The number of hydrogen-bond acceptors (Lipinski definition) is 7. The lowest BCUT2D eigenvalue weighted by molar-refractivity contribution is -0.123. The van der Waals surface area contributed by atoms with Gasteiger partial charge in [-0.2, -0.15) is 8.42 Å². The number of halogens is 3. The van der Waals surface area contributed by atoms with Crippen molar-refractivity contribution in [1.29, 1.82) is 0 Å². The largest absolute Gasteiger partial charge is 0.493 e. The van der Waals surface area contributed by atoms with Crippen LogP contribution in [0.2, 0.25) is 5.02 Å². The lowest BCUT2D eigenvalue weighted by Gasteiger charge is -2.14. The highest BCUT2D eigenvalue weighted by molar-refractivity contribution is 9.10. The van der Waals surface area contributed by atoms with E-state index in [0.29, 0.717) is 22.3 Å². The van der Waals surface area contributed by atoms with E-state index in [9.17, 15) is 22.4 Å².